The first-order chi connectivity index (χ1) is 18.0. The molecule has 1 aromatic carbocycles. The van der Waals surface area contributed by atoms with Gasteiger partial charge in [0.25, 0.3) is 5.91 Å². The summed E-state index contributed by atoms with van der Waals surface area (Å²) in [7, 11) is 0. The summed E-state index contributed by atoms with van der Waals surface area (Å²) >= 11 is 0. The van der Waals surface area contributed by atoms with Gasteiger partial charge in [-0.15, -0.1) is 0 Å². The number of carbonyl (C=O) groups excluding carboxylic acids is 2. The largest absolute Gasteiger partial charge is 0.417 e. The predicted octanol–water partition coefficient (Wildman–Crippen LogP) is 4.44. The molecule has 2 N–H and O–H groups in total. The molecule has 0 atom stereocenters. The second-order valence-corrected chi connectivity index (χ2v) is 8.08. The summed E-state index contributed by atoms with van der Waals surface area (Å²) in [5.41, 5.74) is -1.26. The number of carbonyl (C=O) groups is 2. The van der Waals surface area contributed by atoms with Crippen LogP contribution in [0.3, 0.4) is 0 Å². The topological polar surface area (TPSA) is 100 Å². The molecule has 202 valence electrons. The Morgan fingerprint density at radius 2 is 1.74 bits per heavy atom. The van der Waals surface area contributed by atoms with Gasteiger partial charge in [0, 0.05) is 68.3 Å². The second kappa shape index (κ2) is 12.4. The Labute approximate surface area is 215 Å². The van der Waals surface area contributed by atoms with Gasteiger partial charge in [-0.25, -0.2) is 18.7 Å². The van der Waals surface area contributed by atoms with Crippen molar-refractivity contribution in [3.05, 3.63) is 71.2 Å². The molecule has 0 bridgehead atoms. The van der Waals surface area contributed by atoms with Crippen LogP contribution in [-0.2, 0) is 17.5 Å². The van der Waals surface area contributed by atoms with E-state index in [9.17, 15) is 31.5 Å². The maximum Gasteiger partial charge on any atom is 0.417 e. The lowest BCUT2D eigenvalue weighted by molar-refractivity contribution is -0.137. The van der Waals surface area contributed by atoms with Crippen LogP contribution in [0.15, 0.2) is 42.7 Å². The zero-order valence-corrected chi connectivity index (χ0v) is 20.6. The van der Waals surface area contributed by atoms with Gasteiger partial charge in [0.15, 0.2) is 5.82 Å². The number of benzene rings is 1. The van der Waals surface area contributed by atoms with Crippen molar-refractivity contribution in [1.82, 2.24) is 25.2 Å². The lowest BCUT2D eigenvalue weighted by Gasteiger charge is -2.18. The van der Waals surface area contributed by atoms with E-state index in [1.165, 1.54) is 12.1 Å². The number of amides is 2. The molecule has 38 heavy (non-hydrogen) atoms. The molecule has 0 fully saturated rings. The fourth-order valence-electron chi connectivity index (χ4n) is 3.46. The molecule has 2 amide bonds. The molecule has 8 nitrogen and oxygen atoms in total. The molecule has 0 saturated carbocycles. The number of aromatic nitrogens is 3. The van der Waals surface area contributed by atoms with Crippen LogP contribution >= 0.6 is 0 Å². The number of alkyl halides is 3. The van der Waals surface area contributed by atoms with Gasteiger partial charge in [-0.3, -0.25) is 14.6 Å². The van der Waals surface area contributed by atoms with Crippen molar-refractivity contribution >= 4 is 17.6 Å². The fourth-order valence-corrected chi connectivity index (χ4v) is 3.46. The van der Waals surface area contributed by atoms with E-state index in [1.807, 2.05) is 13.8 Å². The Balaban J connectivity index is 1.88. The molecule has 0 spiro atoms. The first-order valence-corrected chi connectivity index (χ1v) is 11.7. The predicted molar refractivity (Wildman–Crippen MR) is 129 cm³/mol. The van der Waals surface area contributed by atoms with Gasteiger partial charge in [-0.05, 0) is 26.0 Å². The Kier molecular flexibility index (Phi) is 9.26. The van der Waals surface area contributed by atoms with E-state index in [2.05, 4.69) is 25.6 Å². The quantitative estimate of drug-likeness (QED) is 0.372. The molecule has 3 aromatic rings. The van der Waals surface area contributed by atoms with Gasteiger partial charge in [0.2, 0.25) is 5.91 Å². The summed E-state index contributed by atoms with van der Waals surface area (Å²) in [6.45, 7) is 4.54. The monoisotopic (exact) mass is 536 g/mol. The number of nitrogens with zero attached hydrogens (tertiary/aromatic N) is 4. The Morgan fingerprint density at radius 1 is 1.00 bits per heavy atom. The van der Waals surface area contributed by atoms with Crippen LogP contribution in [0.5, 0.6) is 0 Å². The molecular weight excluding hydrogens is 511 g/mol. The van der Waals surface area contributed by atoms with Gasteiger partial charge in [-0.1, -0.05) is 6.07 Å². The van der Waals surface area contributed by atoms with E-state index in [0.717, 1.165) is 18.3 Å². The Hall–Kier alpha value is -4.16. The minimum absolute atomic E-state index is 0.000467. The normalized spacial score (nSPS) is 11.2. The van der Waals surface area contributed by atoms with Gasteiger partial charge in [-0.2, -0.15) is 13.2 Å². The molecular formula is C25H25F5N6O2. The van der Waals surface area contributed by atoms with E-state index in [1.54, 1.807) is 4.90 Å². The minimum atomic E-state index is -4.67. The van der Waals surface area contributed by atoms with Crippen molar-refractivity contribution in [2.45, 2.75) is 33.0 Å². The summed E-state index contributed by atoms with van der Waals surface area (Å²) in [5.74, 6) is -2.66. The summed E-state index contributed by atoms with van der Waals surface area (Å²) in [6, 6.07) is 5.01. The van der Waals surface area contributed by atoms with Gasteiger partial charge in [0.05, 0.1) is 5.56 Å². The Morgan fingerprint density at radius 3 is 2.39 bits per heavy atom. The number of anilines is 1. The third kappa shape index (κ3) is 7.43. The van der Waals surface area contributed by atoms with Gasteiger partial charge >= 0.3 is 6.18 Å². The Bertz CT molecular complexity index is 1300. The summed E-state index contributed by atoms with van der Waals surface area (Å²) in [5, 5.41) is 5.34. The maximum atomic E-state index is 14.1. The molecule has 0 saturated heterocycles. The number of hydrogen-bond acceptors (Lipinski definition) is 6. The SMILES string of the molecule is CCN(CC)C(=O)CCNC(=O)c1cc(NCc2ccc(F)cc2F)nc(-c2cncc(C(F)(F)F)c2)n1. The molecule has 0 aliphatic rings. The molecule has 3 rings (SSSR count). The first kappa shape index (κ1) is 28.4. The average Bonchev–Trinajstić information content (AvgIpc) is 2.88. The summed E-state index contributed by atoms with van der Waals surface area (Å²) in [6.07, 6.45) is -2.88. The zero-order valence-electron chi connectivity index (χ0n) is 20.6. The molecule has 0 aliphatic carbocycles. The van der Waals surface area contributed by atoms with Crippen LogP contribution in [0, 0.1) is 11.6 Å². The second-order valence-electron chi connectivity index (χ2n) is 8.08. The van der Waals surface area contributed by atoms with Gasteiger partial charge in [0.1, 0.15) is 23.1 Å². The molecule has 2 aromatic heterocycles. The lowest BCUT2D eigenvalue weighted by atomic mass is 10.2. The van der Waals surface area contributed by atoms with Crippen LogP contribution in [0.1, 0.15) is 41.9 Å². The van der Waals surface area contributed by atoms with E-state index in [0.29, 0.717) is 25.4 Å². The number of halogens is 5. The van der Waals surface area contributed by atoms with E-state index < -0.39 is 29.3 Å². The summed E-state index contributed by atoms with van der Waals surface area (Å²) < 4.78 is 66.9. The van der Waals surface area contributed by atoms with Crippen molar-refractivity contribution in [2.75, 3.05) is 25.0 Å². The molecule has 0 unspecified atom stereocenters. The number of nitrogens with one attached hydrogen (secondary N) is 2. The summed E-state index contributed by atoms with van der Waals surface area (Å²) in [4.78, 5) is 38.4. The standard InChI is InChI=1S/C25H25F5N6O2/c1-3-36(4-2)22(37)7-8-32-24(38)20-11-21(33-13-15-5-6-18(26)10-19(15)27)35-23(34-20)16-9-17(14-31-12-16)25(28,29)30/h5-6,9-12,14H,3-4,7-8,13H2,1-2H3,(H,32,38)(H,33,34,35). The maximum absolute atomic E-state index is 14.1. The smallest absolute Gasteiger partial charge is 0.366 e. The van der Waals surface area contributed by atoms with Crippen molar-refractivity contribution in [1.29, 1.82) is 0 Å². The van der Waals surface area contributed by atoms with Crippen molar-refractivity contribution in [3.8, 4) is 11.4 Å². The van der Waals surface area contributed by atoms with Gasteiger partial charge < -0.3 is 15.5 Å². The van der Waals surface area contributed by atoms with Crippen LogP contribution in [0.4, 0.5) is 27.8 Å². The van der Waals surface area contributed by atoms with Crippen LogP contribution in [0.2, 0.25) is 0 Å². The zero-order chi connectivity index (χ0) is 27.9. The molecule has 0 aliphatic heterocycles. The molecule has 2 heterocycles. The highest BCUT2D eigenvalue weighted by Crippen LogP contribution is 2.31. The highest BCUT2D eigenvalue weighted by Gasteiger charge is 2.31. The van der Waals surface area contributed by atoms with Crippen LogP contribution in [-0.4, -0.2) is 51.3 Å². The number of rotatable bonds is 10. The van der Waals surface area contributed by atoms with Crippen LogP contribution in [0.25, 0.3) is 11.4 Å². The number of pyridine rings is 1. The highest BCUT2D eigenvalue weighted by molar-refractivity contribution is 5.93. The van der Waals surface area contributed by atoms with Crippen molar-refractivity contribution in [2.24, 2.45) is 0 Å². The van der Waals surface area contributed by atoms with E-state index in [-0.39, 0.29) is 53.9 Å². The van der Waals surface area contributed by atoms with Crippen LogP contribution < -0.4 is 10.6 Å². The molecule has 0 radical (unpaired) electrons. The average molecular weight is 537 g/mol. The van der Waals surface area contributed by atoms with Crippen molar-refractivity contribution < 1.29 is 31.5 Å². The highest BCUT2D eigenvalue weighted by atomic mass is 19.4. The lowest BCUT2D eigenvalue weighted by Crippen LogP contribution is -2.34. The van der Waals surface area contributed by atoms with E-state index in [4.69, 9.17) is 0 Å². The van der Waals surface area contributed by atoms with E-state index >= 15 is 0 Å². The first-order valence-electron chi connectivity index (χ1n) is 11.7. The third-order valence-electron chi connectivity index (χ3n) is 5.50. The third-order valence-corrected chi connectivity index (χ3v) is 5.50. The van der Waals surface area contributed by atoms with Crippen molar-refractivity contribution in [3.63, 3.8) is 0 Å². The number of hydrogen-bond donors (Lipinski definition) is 2. The molecule has 13 heteroatoms. The fraction of sp³-hybridized carbons (Fsp3) is 0.320. The minimum Gasteiger partial charge on any atom is -0.366 e.